The molecular weight excluding hydrogens is 470 g/mol. The summed E-state index contributed by atoms with van der Waals surface area (Å²) in [5.41, 5.74) is 0.434. The molecule has 5 atom stereocenters. The standard InChI is InChI=1S/C26H31NO9/c1-13(2)24(32)35-17(23(30)31)11-19(29)34-16-6-7-26(33)18-10-14-4-5-15(12-28)21-20(14)25(26,22(16)36-21)8-9-27(18)3/h4-6,13,17-18,22,28,33H,7-12H2,1-3H3,(H,30,31)/t17-,18+,22-,25-,26+/m0/s1. The van der Waals surface area contributed by atoms with Gasteiger partial charge in [-0.15, -0.1) is 0 Å². The van der Waals surface area contributed by atoms with Crippen molar-refractivity contribution in [1.82, 2.24) is 4.90 Å². The second-order valence-electron chi connectivity index (χ2n) is 10.5. The van der Waals surface area contributed by atoms with Crippen LogP contribution in [0.5, 0.6) is 5.75 Å². The molecular formula is C26H31NO9. The molecule has 1 saturated heterocycles. The lowest BCUT2D eigenvalue weighted by Gasteiger charge is -2.61. The number of piperidine rings is 1. The minimum absolute atomic E-state index is 0.170. The Morgan fingerprint density at radius 3 is 2.69 bits per heavy atom. The third-order valence-corrected chi connectivity index (χ3v) is 8.22. The molecule has 10 nitrogen and oxygen atoms in total. The molecule has 194 valence electrons. The number of esters is 2. The number of likely N-dealkylation sites (tertiary alicyclic amines) is 1. The van der Waals surface area contributed by atoms with Gasteiger partial charge in [-0.3, -0.25) is 9.59 Å². The van der Waals surface area contributed by atoms with Gasteiger partial charge in [0.05, 0.1) is 30.0 Å². The van der Waals surface area contributed by atoms with E-state index in [-0.39, 0.29) is 24.8 Å². The Hall–Kier alpha value is -2.95. The molecule has 0 aromatic heterocycles. The number of rotatable bonds is 7. The van der Waals surface area contributed by atoms with E-state index in [4.69, 9.17) is 14.2 Å². The van der Waals surface area contributed by atoms with E-state index in [9.17, 15) is 29.7 Å². The lowest BCUT2D eigenvalue weighted by atomic mass is 9.50. The van der Waals surface area contributed by atoms with Gasteiger partial charge in [0.2, 0.25) is 6.10 Å². The van der Waals surface area contributed by atoms with Crippen molar-refractivity contribution in [2.75, 3.05) is 13.6 Å². The number of aliphatic hydroxyl groups excluding tert-OH is 1. The minimum Gasteiger partial charge on any atom is -0.481 e. The Morgan fingerprint density at radius 1 is 1.28 bits per heavy atom. The molecule has 0 amide bonds. The Balaban J connectivity index is 1.48. The van der Waals surface area contributed by atoms with Gasteiger partial charge in [-0.05, 0) is 38.1 Å². The van der Waals surface area contributed by atoms with Gasteiger partial charge in [0.25, 0.3) is 0 Å². The summed E-state index contributed by atoms with van der Waals surface area (Å²) in [6.45, 7) is 3.59. The Kier molecular flexibility index (Phi) is 5.89. The van der Waals surface area contributed by atoms with Crippen LogP contribution in [0.4, 0.5) is 0 Å². The molecule has 36 heavy (non-hydrogen) atoms. The third kappa shape index (κ3) is 3.38. The number of carboxylic acid groups (broad SMARTS) is 1. The van der Waals surface area contributed by atoms with E-state index in [2.05, 4.69) is 4.90 Å². The molecule has 0 saturated carbocycles. The molecule has 2 aliphatic carbocycles. The number of hydrogen-bond donors (Lipinski definition) is 3. The highest BCUT2D eigenvalue weighted by molar-refractivity contribution is 5.84. The van der Waals surface area contributed by atoms with Crippen molar-refractivity contribution in [3.8, 4) is 5.75 Å². The van der Waals surface area contributed by atoms with Crippen LogP contribution in [0.2, 0.25) is 0 Å². The van der Waals surface area contributed by atoms with Crippen LogP contribution >= 0.6 is 0 Å². The van der Waals surface area contributed by atoms with E-state index in [0.717, 1.165) is 11.1 Å². The Labute approximate surface area is 208 Å². The van der Waals surface area contributed by atoms with Crippen molar-refractivity contribution >= 4 is 17.9 Å². The monoisotopic (exact) mass is 501 g/mol. The molecule has 4 aliphatic rings. The fourth-order valence-corrected chi connectivity index (χ4v) is 6.41. The highest BCUT2D eigenvalue weighted by Crippen LogP contribution is 2.64. The SMILES string of the molecule is CC(C)C(=O)O[C@@H](CC(=O)OC1=CC[C@@]2(O)[C@H]3Cc4ccc(CO)c5c4[C@@]2(CCN3C)[C@H]1O5)C(=O)O. The summed E-state index contributed by atoms with van der Waals surface area (Å²) in [6, 6.07) is 3.61. The molecule has 5 rings (SSSR count). The predicted octanol–water partition coefficient (Wildman–Crippen LogP) is 1.04. The number of carboxylic acids is 1. The summed E-state index contributed by atoms with van der Waals surface area (Å²) >= 11 is 0. The number of benzene rings is 1. The second-order valence-corrected chi connectivity index (χ2v) is 10.5. The number of aliphatic hydroxyl groups is 2. The van der Waals surface area contributed by atoms with Gasteiger partial charge >= 0.3 is 17.9 Å². The van der Waals surface area contributed by atoms with E-state index in [1.54, 1.807) is 19.9 Å². The average Bonchev–Trinajstić information content (AvgIpc) is 3.18. The molecule has 0 unspecified atom stereocenters. The maximum absolute atomic E-state index is 12.8. The van der Waals surface area contributed by atoms with Crippen LogP contribution in [-0.2, 0) is 42.3 Å². The molecule has 2 heterocycles. The van der Waals surface area contributed by atoms with Crippen molar-refractivity contribution in [2.24, 2.45) is 5.92 Å². The highest BCUT2D eigenvalue weighted by Gasteiger charge is 2.71. The number of carbonyl (C=O) groups excluding carboxylic acids is 2. The molecule has 0 radical (unpaired) electrons. The summed E-state index contributed by atoms with van der Waals surface area (Å²) in [4.78, 5) is 38.5. The van der Waals surface area contributed by atoms with Crippen molar-refractivity contribution in [3.05, 3.63) is 40.7 Å². The van der Waals surface area contributed by atoms with Crippen LogP contribution < -0.4 is 4.74 Å². The van der Waals surface area contributed by atoms with Crippen LogP contribution in [0.1, 0.15) is 49.8 Å². The van der Waals surface area contributed by atoms with Crippen LogP contribution in [0.15, 0.2) is 24.0 Å². The van der Waals surface area contributed by atoms with Crippen molar-refractivity contribution in [3.63, 3.8) is 0 Å². The number of likely N-dealkylation sites (N-methyl/N-ethyl adjacent to an activating group) is 1. The first-order valence-electron chi connectivity index (χ1n) is 12.2. The number of ether oxygens (including phenoxy) is 3. The van der Waals surface area contributed by atoms with Crippen LogP contribution in [0.25, 0.3) is 0 Å². The summed E-state index contributed by atoms with van der Waals surface area (Å²) < 4.78 is 17.0. The quantitative estimate of drug-likeness (QED) is 0.464. The number of nitrogens with zero attached hydrogens (tertiary/aromatic N) is 1. The fraction of sp³-hybridized carbons (Fsp3) is 0.577. The zero-order valence-corrected chi connectivity index (χ0v) is 20.5. The minimum atomic E-state index is -1.68. The summed E-state index contributed by atoms with van der Waals surface area (Å²) in [5.74, 6) is -2.90. The van der Waals surface area contributed by atoms with E-state index >= 15 is 0 Å². The topological polar surface area (TPSA) is 143 Å². The van der Waals surface area contributed by atoms with E-state index in [1.165, 1.54) is 0 Å². The Morgan fingerprint density at radius 2 is 2.03 bits per heavy atom. The summed E-state index contributed by atoms with van der Waals surface area (Å²) in [5, 5.41) is 31.6. The third-order valence-electron chi connectivity index (χ3n) is 8.22. The van der Waals surface area contributed by atoms with Gasteiger partial charge in [-0.25, -0.2) is 4.79 Å². The highest BCUT2D eigenvalue weighted by atomic mass is 16.6. The first kappa shape index (κ1) is 24.7. The summed E-state index contributed by atoms with van der Waals surface area (Å²) in [6.07, 6.45) is -0.128. The summed E-state index contributed by atoms with van der Waals surface area (Å²) in [7, 11) is 1.98. The molecule has 3 N–H and O–H groups in total. The van der Waals surface area contributed by atoms with Gasteiger partial charge < -0.3 is 34.4 Å². The van der Waals surface area contributed by atoms with Gasteiger partial charge in [0.1, 0.15) is 11.5 Å². The average molecular weight is 502 g/mol. The molecule has 2 aliphatic heterocycles. The molecule has 10 heteroatoms. The predicted molar refractivity (Wildman–Crippen MR) is 124 cm³/mol. The van der Waals surface area contributed by atoms with Gasteiger partial charge in [-0.1, -0.05) is 26.0 Å². The number of hydrogen-bond acceptors (Lipinski definition) is 9. The maximum Gasteiger partial charge on any atom is 0.345 e. The lowest BCUT2D eigenvalue weighted by Crippen LogP contribution is -2.74. The second kappa shape index (κ2) is 8.57. The molecule has 2 bridgehead atoms. The largest absolute Gasteiger partial charge is 0.481 e. The van der Waals surface area contributed by atoms with Gasteiger partial charge in [0.15, 0.2) is 6.10 Å². The van der Waals surface area contributed by atoms with Crippen LogP contribution in [0, 0.1) is 5.92 Å². The van der Waals surface area contributed by atoms with Crippen molar-refractivity contribution in [2.45, 2.75) is 75.4 Å². The smallest absolute Gasteiger partial charge is 0.345 e. The first-order valence-corrected chi connectivity index (χ1v) is 12.2. The first-order chi connectivity index (χ1) is 17.0. The fourth-order valence-electron chi connectivity index (χ4n) is 6.41. The van der Waals surface area contributed by atoms with Crippen molar-refractivity contribution < 1.29 is 43.9 Å². The van der Waals surface area contributed by atoms with E-state index in [0.29, 0.717) is 30.7 Å². The normalized spacial score (nSPS) is 30.7. The number of aliphatic carboxylic acids is 1. The van der Waals surface area contributed by atoms with Gasteiger partial charge in [0, 0.05) is 23.6 Å². The maximum atomic E-state index is 12.8. The zero-order valence-electron chi connectivity index (χ0n) is 20.5. The molecule has 1 aromatic rings. The van der Waals surface area contributed by atoms with Gasteiger partial charge in [-0.2, -0.15) is 0 Å². The van der Waals surface area contributed by atoms with E-state index < -0.39 is 53.5 Å². The van der Waals surface area contributed by atoms with Crippen LogP contribution in [0.3, 0.4) is 0 Å². The van der Waals surface area contributed by atoms with E-state index in [1.807, 2.05) is 19.2 Å². The molecule has 1 aromatic carbocycles. The number of carbonyl (C=O) groups is 3. The zero-order chi connectivity index (χ0) is 26.0. The lowest BCUT2D eigenvalue weighted by molar-refractivity contribution is -0.174. The van der Waals surface area contributed by atoms with Crippen molar-refractivity contribution in [1.29, 1.82) is 0 Å². The molecule has 1 spiro atoms. The Bertz CT molecular complexity index is 1160. The molecule has 1 fully saturated rings. The van der Waals surface area contributed by atoms with Crippen LogP contribution in [-0.4, -0.2) is 75.6 Å².